The highest BCUT2D eigenvalue weighted by Gasteiger charge is 2.37. The van der Waals surface area contributed by atoms with Crippen LogP contribution in [0.1, 0.15) is 60.8 Å². The summed E-state index contributed by atoms with van der Waals surface area (Å²) in [5.74, 6) is 5.68. The predicted molar refractivity (Wildman–Crippen MR) is 68.8 cm³/mol. The highest BCUT2D eigenvalue weighted by atomic mass is 14.4. The fourth-order valence-corrected chi connectivity index (χ4v) is 2.92. The largest absolute Gasteiger partial charge is 0.0651 e. The maximum absolute atomic E-state index is 2.47. The molecular formula is C15H30. The minimum Gasteiger partial charge on any atom is -0.0651 e. The quantitative estimate of drug-likeness (QED) is 0.579. The van der Waals surface area contributed by atoms with E-state index in [4.69, 9.17) is 0 Å². The lowest BCUT2D eigenvalue weighted by Gasteiger charge is -2.29. The maximum atomic E-state index is 2.47. The van der Waals surface area contributed by atoms with Crippen molar-refractivity contribution in [1.29, 1.82) is 0 Å². The number of hydrogen-bond donors (Lipinski definition) is 0. The van der Waals surface area contributed by atoms with E-state index in [2.05, 4.69) is 41.5 Å². The number of rotatable bonds is 6. The van der Waals surface area contributed by atoms with Gasteiger partial charge in [-0.2, -0.15) is 0 Å². The average molecular weight is 210 g/mol. The van der Waals surface area contributed by atoms with E-state index in [0.717, 1.165) is 35.5 Å². The molecule has 15 heavy (non-hydrogen) atoms. The van der Waals surface area contributed by atoms with E-state index >= 15 is 0 Å². The Kier molecular flexibility index (Phi) is 4.67. The van der Waals surface area contributed by atoms with Gasteiger partial charge in [-0.25, -0.2) is 0 Å². The summed E-state index contributed by atoms with van der Waals surface area (Å²) in [4.78, 5) is 0. The van der Waals surface area contributed by atoms with Crippen molar-refractivity contribution in [3.63, 3.8) is 0 Å². The molecule has 0 nitrogen and oxygen atoms in total. The number of hydrogen-bond acceptors (Lipinski definition) is 0. The molecule has 5 unspecified atom stereocenters. The molecule has 1 rings (SSSR count). The van der Waals surface area contributed by atoms with Crippen LogP contribution in [0, 0.1) is 35.5 Å². The van der Waals surface area contributed by atoms with Gasteiger partial charge in [0.05, 0.1) is 0 Å². The second-order valence-electron chi connectivity index (χ2n) is 6.34. The minimum absolute atomic E-state index is 0.837. The molecule has 0 aromatic rings. The summed E-state index contributed by atoms with van der Waals surface area (Å²) >= 11 is 0. The van der Waals surface area contributed by atoms with Gasteiger partial charge in [-0.15, -0.1) is 0 Å². The van der Waals surface area contributed by atoms with Crippen molar-refractivity contribution in [3.8, 4) is 0 Å². The van der Waals surface area contributed by atoms with Crippen LogP contribution < -0.4 is 0 Å². The minimum atomic E-state index is 0.837. The Morgan fingerprint density at radius 2 is 1.53 bits per heavy atom. The van der Waals surface area contributed by atoms with E-state index in [-0.39, 0.29) is 0 Å². The summed E-state index contributed by atoms with van der Waals surface area (Å²) in [5, 5.41) is 0. The van der Waals surface area contributed by atoms with Crippen LogP contribution in [-0.2, 0) is 0 Å². The highest BCUT2D eigenvalue weighted by molar-refractivity contribution is 4.87. The Morgan fingerprint density at radius 1 is 0.933 bits per heavy atom. The SMILES string of the molecule is CCC1CC1CC(C)C(C)C(C)C(C)C. The second kappa shape index (κ2) is 5.37. The van der Waals surface area contributed by atoms with Crippen LogP contribution in [0.25, 0.3) is 0 Å². The van der Waals surface area contributed by atoms with E-state index in [0.29, 0.717) is 0 Å². The molecule has 0 amide bonds. The molecule has 0 heterocycles. The van der Waals surface area contributed by atoms with Crippen LogP contribution in [0.3, 0.4) is 0 Å². The summed E-state index contributed by atoms with van der Waals surface area (Å²) in [7, 11) is 0. The lowest BCUT2D eigenvalue weighted by molar-refractivity contribution is 0.207. The van der Waals surface area contributed by atoms with Crippen LogP contribution >= 0.6 is 0 Å². The van der Waals surface area contributed by atoms with Gasteiger partial charge in [0.2, 0.25) is 0 Å². The molecule has 0 saturated heterocycles. The molecule has 0 heteroatoms. The van der Waals surface area contributed by atoms with Crippen LogP contribution in [0.5, 0.6) is 0 Å². The Labute approximate surface area is 96.8 Å². The summed E-state index contributed by atoms with van der Waals surface area (Å²) in [6.45, 7) is 14.4. The molecule has 0 bridgehead atoms. The van der Waals surface area contributed by atoms with Gasteiger partial charge in [0.15, 0.2) is 0 Å². The Balaban J connectivity index is 2.30. The molecule has 5 atom stereocenters. The Hall–Kier alpha value is 0. The summed E-state index contributed by atoms with van der Waals surface area (Å²) in [6.07, 6.45) is 4.41. The van der Waals surface area contributed by atoms with Crippen molar-refractivity contribution in [2.24, 2.45) is 35.5 Å². The van der Waals surface area contributed by atoms with Crippen molar-refractivity contribution in [2.75, 3.05) is 0 Å². The van der Waals surface area contributed by atoms with Gasteiger partial charge >= 0.3 is 0 Å². The summed E-state index contributed by atoms with van der Waals surface area (Å²) in [6, 6.07) is 0. The molecule has 0 spiro atoms. The Bertz CT molecular complexity index is 182. The third kappa shape index (κ3) is 3.50. The highest BCUT2D eigenvalue weighted by Crippen LogP contribution is 2.47. The van der Waals surface area contributed by atoms with Gasteiger partial charge in [0.25, 0.3) is 0 Å². The topological polar surface area (TPSA) is 0 Å². The van der Waals surface area contributed by atoms with Crippen LogP contribution in [-0.4, -0.2) is 0 Å². The second-order valence-corrected chi connectivity index (χ2v) is 6.34. The maximum Gasteiger partial charge on any atom is -0.0380 e. The van der Waals surface area contributed by atoms with Gasteiger partial charge in [-0.05, 0) is 48.3 Å². The molecule has 0 aromatic carbocycles. The van der Waals surface area contributed by atoms with Crippen LogP contribution in [0.4, 0.5) is 0 Å². The van der Waals surface area contributed by atoms with E-state index in [9.17, 15) is 0 Å². The molecule has 0 aliphatic heterocycles. The van der Waals surface area contributed by atoms with Gasteiger partial charge in [0, 0.05) is 0 Å². The molecule has 1 fully saturated rings. The van der Waals surface area contributed by atoms with Crippen molar-refractivity contribution in [1.82, 2.24) is 0 Å². The first-order valence-corrected chi connectivity index (χ1v) is 6.97. The van der Waals surface area contributed by atoms with Crippen LogP contribution in [0.2, 0.25) is 0 Å². The van der Waals surface area contributed by atoms with Gasteiger partial charge < -0.3 is 0 Å². The molecular weight excluding hydrogens is 180 g/mol. The third-order valence-corrected chi connectivity index (χ3v) is 5.05. The monoisotopic (exact) mass is 210 g/mol. The molecule has 0 aromatic heterocycles. The molecule has 1 aliphatic carbocycles. The third-order valence-electron chi connectivity index (χ3n) is 5.05. The van der Waals surface area contributed by atoms with E-state index in [1.54, 1.807) is 0 Å². The predicted octanol–water partition coefficient (Wildman–Crippen LogP) is 4.99. The average Bonchev–Trinajstić information content (AvgIpc) is 2.93. The zero-order valence-corrected chi connectivity index (χ0v) is 11.6. The van der Waals surface area contributed by atoms with Gasteiger partial charge in [-0.3, -0.25) is 0 Å². The molecule has 0 N–H and O–H groups in total. The van der Waals surface area contributed by atoms with E-state index in [1.807, 2.05) is 0 Å². The van der Waals surface area contributed by atoms with Crippen molar-refractivity contribution >= 4 is 0 Å². The zero-order valence-electron chi connectivity index (χ0n) is 11.6. The van der Waals surface area contributed by atoms with Gasteiger partial charge in [-0.1, -0.05) is 48.0 Å². The summed E-state index contributed by atoms with van der Waals surface area (Å²) in [5.41, 5.74) is 0. The zero-order chi connectivity index (χ0) is 11.6. The molecule has 1 aliphatic rings. The first-order valence-electron chi connectivity index (χ1n) is 6.97. The first kappa shape index (κ1) is 13.1. The Morgan fingerprint density at radius 3 is 1.93 bits per heavy atom. The van der Waals surface area contributed by atoms with Crippen molar-refractivity contribution < 1.29 is 0 Å². The lowest BCUT2D eigenvalue weighted by Crippen LogP contribution is -2.21. The molecule has 1 saturated carbocycles. The van der Waals surface area contributed by atoms with Gasteiger partial charge in [0.1, 0.15) is 0 Å². The molecule has 90 valence electrons. The lowest BCUT2D eigenvalue weighted by atomic mass is 9.77. The smallest absolute Gasteiger partial charge is 0.0380 e. The van der Waals surface area contributed by atoms with E-state index < -0.39 is 0 Å². The van der Waals surface area contributed by atoms with E-state index in [1.165, 1.54) is 19.3 Å². The summed E-state index contributed by atoms with van der Waals surface area (Å²) < 4.78 is 0. The fourth-order valence-electron chi connectivity index (χ4n) is 2.92. The normalized spacial score (nSPS) is 31.4. The van der Waals surface area contributed by atoms with Crippen molar-refractivity contribution in [2.45, 2.75) is 60.8 Å². The fraction of sp³-hybridized carbons (Fsp3) is 1.00. The first-order chi connectivity index (χ1) is 6.97. The van der Waals surface area contributed by atoms with Crippen LogP contribution in [0.15, 0.2) is 0 Å². The van der Waals surface area contributed by atoms with Crippen molar-refractivity contribution in [3.05, 3.63) is 0 Å². The standard InChI is InChI=1S/C15H30/c1-7-14-9-15(14)8-11(4)13(6)12(5)10(2)3/h10-15H,7-9H2,1-6H3. The molecule has 0 radical (unpaired) electrons.